The summed E-state index contributed by atoms with van der Waals surface area (Å²) in [5.41, 5.74) is 0. The van der Waals surface area contributed by atoms with Crippen LogP contribution in [0.3, 0.4) is 0 Å². The number of ether oxygens (including phenoxy) is 1. The van der Waals surface area contributed by atoms with Crippen LogP contribution in [0.4, 0.5) is 0 Å². The summed E-state index contributed by atoms with van der Waals surface area (Å²) in [6, 6.07) is 0. The molecular weight excluding hydrogens is 220 g/mol. The van der Waals surface area contributed by atoms with Crippen LogP contribution in [-0.4, -0.2) is 69.1 Å². The molecule has 96 valence electrons. The van der Waals surface area contributed by atoms with Crippen molar-refractivity contribution in [2.45, 2.75) is 37.7 Å². The molecule has 0 aliphatic carbocycles. The highest BCUT2D eigenvalue weighted by atomic mass is 16.5. The van der Waals surface area contributed by atoms with Crippen LogP contribution in [0.15, 0.2) is 0 Å². The molecular formula is C9H18O7. The zero-order chi connectivity index (χ0) is 13.4. The number of aliphatic hydroxyl groups is 5. The third kappa shape index (κ3) is 4.86. The second kappa shape index (κ2) is 7.53. The second-order valence-corrected chi connectivity index (χ2v) is 3.23. The van der Waals surface area contributed by atoms with E-state index in [1.54, 1.807) is 0 Å². The number of carbonyl (C=O) groups is 1. The lowest BCUT2D eigenvalue weighted by Crippen LogP contribution is -2.47. The number of carbonyl (C=O) groups excluding carboxylic acids is 1. The van der Waals surface area contributed by atoms with Crippen molar-refractivity contribution >= 4 is 5.97 Å². The Balaban J connectivity index is 4.04. The topological polar surface area (TPSA) is 127 Å². The van der Waals surface area contributed by atoms with Gasteiger partial charge in [-0.05, 0) is 0 Å². The molecule has 0 fully saturated rings. The molecule has 0 saturated carbocycles. The molecule has 16 heavy (non-hydrogen) atoms. The first-order chi connectivity index (χ1) is 7.93. The van der Waals surface area contributed by atoms with Crippen molar-refractivity contribution in [3.05, 3.63) is 0 Å². The van der Waals surface area contributed by atoms with Crippen LogP contribution in [0.25, 0.3) is 0 Å². The van der Waals surface area contributed by atoms with Crippen LogP contribution < -0.4 is 0 Å². The molecule has 0 aliphatic rings. The van der Waals surface area contributed by atoms with E-state index in [1.165, 1.54) is 0 Å². The Hall–Kier alpha value is -0.730. The van der Waals surface area contributed by atoms with Crippen molar-refractivity contribution in [2.24, 2.45) is 0 Å². The summed E-state index contributed by atoms with van der Waals surface area (Å²) in [5.74, 6) is -0.705. The maximum atomic E-state index is 10.8. The van der Waals surface area contributed by atoms with Crippen LogP contribution in [0.1, 0.15) is 14.7 Å². The zero-order valence-electron chi connectivity index (χ0n) is 9.69. The molecule has 0 amide bonds. The molecule has 0 radical (unpaired) electrons. The van der Waals surface area contributed by atoms with E-state index in [0.29, 0.717) is 0 Å². The van der Waals surface area contributed by atoms with Crippen molar-refractivity contribution in [2.75, 3.05) is 13.2 Å². The molecule has 0 bridgehead atoms. The van der Waals surface area contributed by atoms with Gasteiger partial charge < -0.3 is 30.3 Å². The molecule has 0 aliphatic heterocycles. The third-order valence-corrected chi connectivity index (χ3v) is 1.94. The number of hydrogen-bond acceptors (Lipinski definition) is 7. The Bertz CT molecular complexity index is 225. The van der Waals surface area contributed by atoms with Gasteiger partial charge >= 0.3 is 5.97 Å². The maximum absolute atomic E-state index is 10.8. The molecule has 0 rings (SSSR count). The molecule has 0 saturated heterocycles. The first-order valence-electron chi connectivity index (χ1n) is 5.42. The highest BCUT2D eigenvalue weighted by molar-refractivity contribution is 5.68. The second-order valence-electron chi connectivity index (χ2n) is 3.23. The van der Waals surface area contributed by atoms with E-state index >= 15 is 0 Å². The Kier molecular flexibility index (Phi) is 6.27. The van der Waals surface area contributed by atoms with Gasteiger partial charge in [0, 0.05) is 7.79 Å². The van der Waals surface area contributed by atoms with Gasteiger partial charge in [0.2, 0.25) is 0 Å². The van der Waals surface area contributed by atoms with Gasteiger partial charge in [0.1, 0.15) is 31.0 Å². The van der Waals surface area contributed by atoms with Crippen LogP contribution in [0.2, 0.25) is 0 Å². The fourth-order valence-electron chi connectivity index (χ4n) is 0.912. The average molecular weight is 239 g/mol. The smallest absolute Gasteiger partial charge is 0.305 e. The Labute approximate surface area is 94.3 Å². The molecule has 0 aromatic rings. The summed E-state index contributed by atoms with van der Waals surface area (Å²) in [6.07, 6.45) is -6.81. The average Bonchev–Trinajstić information content (AvgIpc) is 2.33. The Morgan fingerprint density at radius 2 is 1.81 bits per heavy atom. The van der Waals surface area contributed by atoms with E-state index in [4.69, 9.17) is 11.6 Å². The molecule has 0 spiro atoms. The molecule has 0 aromatic carbocycles. The summed E-state index contributed by atoms with van der Waals surface area (Å²) in [5, 5.41) is 45.4. The van der Waals surface area contributed by atoms with Crippen molar-refractivity contribution in [1.82, 2.24) is 0 Å². The normalized spacial score (nSPS) is 19.4. The molecule has 7 nitrogen and oxygen atoms in total. The van der Waals surface area contributed by atoms with E-state index in [9.17, 15) is 20.1 Å². The van der Waals surface area contributed by atoms with E-state index in [0.717, 1.165) is 0 Å². The highest BCUT2D eigenvalue weighted by Crippen LogP contribution is 2.05. The van der Waals surface area contributed by atoms with Gasteiger partial charge in [0.15, 0.2) is 0 Å². The first kappa shape index (κ1) is 13.3. The van der Waals surface area contributed by atoms with Gasteiger partial charge in [-0.1, -0.05) is 6.90 Å². The summed E-state index contributed by atoms with van der Waals surface area (Å²) >= 11 is 0. The van der Waals surface area contributed by atoms with E-state index < -0.39 is 43.6 Å². The van der Waals surface area contributed by atoms with Crippen LogP contribution >= 0.6 is 0 Å². The van der Waals surface area contributed by atoms with Gasteiger partial charge in [0.05, 0.1) is 6.61 Å². The van der Waals surface area contributed by atoms with Gasteiger partial charge in [0.25, 0.3) is 0 Å². The minimum Gasteiger partial charge on any atom is -0.463 e. The number of hydrogen-bond donors (Lipinski definition) is 5. The predicted octanol–water partition coefficient (Wildman–Crippen LogP) is -2.62. The zero-order valence-corrected chi connectivity index (χ0v) is 8.69. The molecule has 7 heteroatoms. The van der Waals surface area contributed by atoms with E-state index in [2.05, 4.69) is 4.74 Å². The van der Waals surface area contributed by atoms with Crippen LogP contribution in [0.5, 0.6) is 0 Å². The summed E-state index contributed by atoms with van der Waals surface area (Å²) in [4.78, 5) is 10.8. The lowest BCUT2D eigenvalue weighted by molar-refractivity contribution is -0.155. The van der Waals surface area contributed by atoms with Gasteiger partial charge in [-0.3, -0.25) is 4.79 Å². The minimum atomic E-state index is -1.75. The molecule has 0 aromatic heterocycles. The van der Waals surface area contributed by atoms with Gasteiger partial charge in [-0.2, -0.15) is 0 Å². The lowest BCUT2D eigenvalue weighted by atomic mass is 10.0. The van der Waals surface area contributed by atoms with Crippen molar-refractivity contribution in [3.8, 4) is 0 Å². The Morgan fingerprint density at radius 3 is 2.31 bits per heavy atom. The predicted molar refractivity (Wildman–Crippen MR) is 52.4 cm³/mol. The standard InChI is InChI=1S/C9H18O7/c1-2-7(13)16-4-6(12)9(15)8(14)5(11)3-10/h5-6,8-12,14-15H,2-4H2,1H3/t5-,6+,8+,9+/m0/s1/i1D. The molecule has 0 heterocycles. The van der Waals surface area contributed by atoms with Crippen molar-refractivity contribution in [3.63, 3.8) is 0 Å². The summed E-state index contributed by atoms with van der Waals surface area (Å²) in [7, 11) is 0. The van der Waals surface area contributed by atoms with Crippen molar-refractivity contribution < 1.29 is 36.4 Å². The van der Waals surface area contributed by atoms with E-state index in [1.807, 2.05) is 0 Å². The fraction of sp³-hybridized carbons (Fsp3) is 0.889. The van der Waals surface area contributed by atoms with E-state index in [-0.39, 0.29) is 13.3 Å². The Morgan fingerprint density at radius 1 is 1.25 bits per heavy atom. The van der Waals surface area contributed by atoms with Crippen LogP contribution in [-0.2, 0) is 9.53 Å². The van der Waals surface area contributed by atoms with Gasteiger partial charge in [-0.25, -0.2) is 0 Å². The lowest BCUT2D eigenvalue weighted by Gasteiger charge is -2.25. The quantitative estimate of drug-likeness (QED) is 0.308. The monoisotopic (exact) mass is 239 g/mol. The number of esters is 1. The molecule has 5 N–H and O–H groups in total. The molecule has 0 unspecified atom stereocenters. The first-order valence-corrected chi connectivity index (χ1v) is 4.72. The summed E-state index contributed by atoms with van der Waals surface area (Å²) in [6.45, 7) is -1.48. The van der Waals surface area contributed by atoms with Crippen LogP contribution in [0, 0.1) is 0 Å². The summed E-state index contributed by atoms with van der Waals surface area (Å²) < 4.78 is 11.2. The number of rotatable bonds is 7. The number of aliphatic hydroxyl groups excluding tert-OH is 5. The van der Waals surface area contributed by atoms with Gasteiger partial charge in [-0.15, -0.1) is 0 Å². The third-order valence-electron chi connectivity index (χ3n) is 1.94. The SMILES string of the molecule is [2H]CCC(=O)OC[C@@H](O)[C@@H](O)[C@H](O)[C@@H](O)CO. The largest absolute Gasteiger partial charge is 0.463 e. The highest BCUT2D eigenvalue weighted by Gasteiger charge is 2.30. The molecule has 4 atom stereocenters. The van der Waals surface area contributed by atoms with Crippen molar-refractivity contribution in [1.29, 1.82) is 0 Å². The fourth-order valence-corrected chi connectivity index (χ4v) is 0.912. The minimum absolute atomic E-state index is 0.134. The maximum Gasteiger partial charge on any atom is 0.305 e.